The molecule has 0 unspecified atom stereocenters. The maximum atomic E-state index is 15.4. The van der Waals surface area contributed by atoms with E-state index in [0.29, 0.717) is 36.4 Å². The van der Waals surface area contributed by atoms with Crippen LogP contribution in [0.5, 0.6) is 11.5 Å². The Morgan fingerprint density at radius 3 is 1.32 bits per heavy atom. The zero-order valence-corrected chi connectivity index (χ0v) is 13.4. The summed E-state index contributed by atoms with van der Waals surface area (Å²) in [4.78, 5) is 0. The first-order valence-electron chi connectivity index (χ1n) is 6.44. The number of benzene rings is 2. The van der Waals surface area contributed by atoms with Crippen molar-refractivity contribution >= 4 is 23.2 Å². The summed E-state index contributed by atoms with van der Waals surface area (Å²) < 4.78 is 82.3. The van der Waals surface area contributed by atoms with Crippen molar-refractivity contribution in [3.63, 3.8) is 0 Å². The number of hydrogen-bond donors (Lipinski definition) is 2. The third-order valence-corrected chi connectivity index (χ3v) is 4.09. The van der Waals surface area contributed by atoms with Crippen molar-refractivity contribution in [1.29, 1.82) is 0 Å². The van der Waals surface area contributed by atoms with Gasteiger partial charge < -0.3 is 10.2 Å². The van der Waals surface area contributed by atoms with Crippen LogP contribution in [0.2, 0.25) is 10.0 Å². The highest BCUT2D eigenvalue weighted by Crippen LogP contribution is 2.55. The fourth-order valence-electron chi connectivity index (χ4n) is 2.17. The highest BCUT2D eigenvalue weighted by atomic mass is 35.5. The van der Waals surface area contributed by atoms with Gasteiger partial charge in [-0.3, -0.25) is 0 Å². The van der Waals surface area contributed by atoms with Gasteiger partial charge in [0.2, 0.25) is 5.67 Å². The summed E-state index contributed by atoms with van der Waals surface area (Å²) >= 11 is 11.0. The number of phenolic OH excluding ortho intramolecular Hbond substituents is 2. The largest absolute Gasteiger partial charge is 0.506 e. The maximum absolute atomic E-state index is 15.4. The number of hydrogen-bond acceptors (Lipinski definition) is 2. The van der Waals surface area contributed by atoms with Crippen LogP contribution >= 0.6 is 23.2 Å². The van der Waals surface area contributed by atoms with E-state index in [-0.39, 0.29) is 0 Å². The van der Waals surface area contributed by atoms with Gasteiger partial charge in [0.1, 0.15) is 11.5 Å². The van der Waals surface area contributed by atoms with Crippen molar-refractivity contribution in [2.24, 2.45) is 0 Å². The van der Waals surface area contributed by atoms with Crippen molar-refractivity contribution in [2.45, 2.75) is 17.8 Å². The molecule has 2 aromatic rings. The molecule has 2 nitrogen and oxygen atoms in total. The van der Waals surface area contributed by atoms with E-state index in [1.165, 1.54) is 0 Å². The second-order valence-corrected chi connectivity index (χ2v) is 5.88. The second kappa shape index (κ2) is 6.17. The molecule has 0 spiro atoms. The van der Waals surface area contributed by atoms with E-state index < -0.39 is 50.4 Å². The molecule has 0 saturated carbocycles. The van der Waals surface area contributed by atoms with Gasteiger partial charge in [0, 0.05) is 11.1 Å². The summed E-state index contributed by atoms with van der Waals surface area (Å²) in [5.74, 6) is -7.14. The molecule has 0 radical (unpaired) electrons. The van der Waals surface area contributed by atoms with Crippen molar-refractivity contribution in [1.82, 2.24) is 0 Å². The molecule has 0 fully saturated rings. The lowest BCUT2D eigenvalue weighted by atomic mass is 9.82. The highest BCUT2D eigenvalue weighted by molar-refractivity contribution is 6.32. The smallest absolute Gasteiger partial charge is 0.457 e. The third-order valence-electron chi connectivity index (χ3n) is 3.48. The van der Waals surface area contributed by atoms with E-state index in [1.54, 1.807) is 0 Å². The number of halogens is 8. The molecule has 2 N–H and O–H groups in total. The van der Waals surface area contributed by atoms with E-state index in [2.05, 4.69) is 0 Å². The van der Waals surface area contributed by atoms with E-state index in [9.17, 15) is 32.2 Å². The zero-order valence-electron chi connectivity index (χ0n) is 11.9. The van der Waals surface area contributed by atoms with Crippen molar-refractivity contribution in [2.75, 3.05) is 0 Å². The van der Waals surface area contributed by atoms with Gasteiger partial charge in [-0.25, -0.2) is 4.39 Å². The lowest BCUT2D eigenvalue weighted by Gasteiger charge is -2.35. The Bertz CT molecular complexity index is 756. The first kappa shape index (κ1) is 19.5. The fourth-order valence-corrected chi connectivity index (χ4v) is 2.53. The normalized spacial score (nSPS) is 13.1. The van der Waals surface area contributed by atoms with Gasteiger partial charge in [0.25, 0.3) is 0 Å². The molecule has 25 heavy (non-hydrogen) atoms. The van der Waals surface area contributed by atoms with Crippen molar-refractivity contribution in [3.05, 3.63) is 57.6 Å². The molecule has 0 amide bonds. The van der Waals surface area contributed by atoms with Gasteiger partial charge in [-0.15, -0.1) is 0 Å². The molecule has 0 aromatic heterocycles. The minimum absolute atomic E-state index is 0.456. The van der Waals surface area contributed by atoms with Crippen LogP contribution in [0.4, 0.5) is 26.3 Å². The van der Waals surface area contributed by atoms with E-state index in [4.69, 9.17) is 23.2 Å². The zero-order chi connectivity index (χ0) is 19.2. The molecule has 2 rings (SSSR count). The van der Waals surface area contributed by atoms with Crippen LogP contribution in [0.15, 0.2) is 36.4 Å². The molecular formula is C15H8Cl2F6O2. The van der Waals surface area contributed by atoms with Crippen molar-refractivity contribution < 1.29 is 36.6 Å². The van der Waals surface area contributed by atoms with Gasteiger partial charge >= 0.3 is 12.1 Å². The van der Waals surface area contributed by atoms with Crippen LogP contribution in [0.3, 0.4) is 0 Å². The minimum Gasteiger partial charge on any atom is -0.506 e. The molecule has 0 heterocycles. The van der Waals surface area contributed by atoms with Crippen LogP contribution in [0.1, 0.15) is 11.1 Å². The third kappa shape index (κ3) is 3.08. The number of rotatable bonds is 3. The summed E-state index contributed by atoms with van der Waals surface area (Å²) in [6.07, 6.45) is -6.25. The second-order valence-electron chi connectivity index (χ2n) is 5.06. The van der Waals surface area contributed by atoms with Gasteiger partial charge in [-0.1, -0.05) is 35.3 Å². The number of phenols is 2. The summed E-state index contributed by atoms with van der Waals surface area (Å²) in [7, 11) is 0. The lowest BCUT2D eigenvalue weighted by Crippen LogP contribution is -2.53. The average molecular weight is 405 g/mol. The Balaban J connectivity index is 2.83. The molecule has 136 valence electrons. The Morgan fingerprint density at radius 1 is 0.680 bits per heavy atom. The van der Waals surface area contributed by atoms with E-state index >= 15 is 4.39 Å². The van der Waals surface area contributed by atoms with Crippen LogP contribution in [-0.2, 0) is 5.67 Å². The quantitative estimate of drug-likeness (QED) is 0.633. The summed E-state index contributed by atoms with van der Waals surface area (Å²) in [6.45, 7) is 0. The fraction of sp³-hybridized carbons (Fsp3) is 0.200. The van der Waals surface area contributed by atoms with Crippen LogP contribution < -0.4 is 0 Å². The van der Waals surface area contributed by atoms with Gasteiger partial charge in [0.15, 0.2) is 0 Å². The van der Waals surface area contributed by atoms with Gasteiger partial charge in [-0.2, -0.15) is 22.0 Å². The Hall–Kier alpha value is -1.80. The first-order chi connectivity index (χ1) is 11.3. The Kier molecular flexibility index (Phi) is 4.82. The topological polar surface area (TPSA) is 40.5 Å². The molecule has 0 aliphatic heterocycles. The molecule has 0 atom stereocenters. The molecule has 0 saturated heterocycles. The summed E-state index contributed by atoms with van der Waals surface area (Å²) in [5, 5.41) is 17.4. The Labute approximate surface area is 147 Å². The monoisotopic (exact) mass is 404 g/mol. The summed E-state index contributed by atoms with van der Waals surface area (Å²) in [6, 6.07) is 3.36. The molecule has 0 aliphatic rings. The standard InChI is InChI=1S/C15H8Cl2F6O2/c16-9-5-7(1-3-11(9)24)13(18,14(19,20)15(21,22)23)8-2-4-12(25)10(17)6-8/h1-6,24-25H. The highest BCUT2D eigenvalue weighted by Gasteiger charge is 2.72. The average Bonchev–Trinajstić information content (AvgIpc) is 2.50. The molecule has 2 aromatic carbocycles. The Morgan fingerprint density at radius 2 is 1.04 bits per heavy atom. The predicted molar refractivity (Wildman–Crippen MR) is 79.1 cm³/mol. The number of alkyl halides is 6. The molecular weight excluding hydrogens is 397 g/mol. The molecule has 0 bridgehead atoms. The lowest BCUT2D eigenvalue weighted by molar-refractivity contribution is -0.323. The van der Waals surface area contributed by atoms with Crippen LogP contribution in [0, 0.1) is 0 Å². The van der Waals surface area contributed by atoms with E-state index in [0.717, 1.165) is 0 Å². The van der Waals surface area contributed by atoms with E-state index in [1.807, 2.05) is 0 Å². The maximum Gasteiger partial charge on any atom is 0.457 e. The van der Waals surface area contributed by atoms with Gasteiger partial charge in [0.05, 0.1) is 10.0 Å². The molecule has 0 aliphatic carbocycles. The van der Waals surface area contributed by atoms with Gasteiger partial charge in [-0.05, 0) is 24.3 Å². The number of aromatic hydroxyl groups is 2. The molecule has 10 heteroatoms. The van der Waals surface area contributed by atoms with Crippen molar-refractivity contribution in [3.8, 4) is 11.5 Å². The first-order valence-corrected chi connectivity index (χ1v) is 7.19. The summed E-state index contributed by atoms with van der Waals surface area (Å²) in [5.41, 5.74) is -6.72. The van der Waals surface area contributed by atoms with Crippen LogP contribution in [-0.4, -0.2) is 22.3 Å². The SMILES string of the molecule is Oc1ccc(C(F)(c2ccc(O)c(Cl)c2)C(F)(F)C(F)(F)F)cc1Cl. The van der Waals surface area contributed by atoms with Crippen LogP contribution in [0.25, 0.3) is 0 Å². The predicted octanol–water partition coefficient (Wildman–Crippen LogP) is 5.82. The minimum atomic E-state index is -6.25.